The molecular formula is C17H24N2O7S. The van der Waals surface area contributed by atoms with Crippen LogP contribution >= 0.6 is 0 Å². The van der Waals surface area contributed by atoms with E-state index in [1.54, 1.807) is 13.8 Å². The van der Waals surface area contributed by atoms with Crippen LogP contribution in [0.5, 0.6) is 0 Å². The lowest BCUT2D eigenvalue weighted by atomic mass is 9.90. The molecule has 150 valence electrons. The van der Waals surface area contributed by atoms with Crippen molar-refractivity contribution in [3.8, 4) is 0 Å². The number of hydrogen-bond acceptors (Lipinski definition) is 7. The second-order valence-electron chi connectivity index (χ2n) is 5.83. The summed E-state index contributed by atoms with van der Waals surface area (Å²) in [6.45, 7) is 4.33. The Morgan fingerprint density at radius 1 is 1.00 bits per heavy atom. The van der Waals surface area contributed by atoms with Crippen molar-refractivity contribution >= 4 is 27.9 Å². The molecule has 9 nitrogen and oxygen atoms in total. The zero-order valence-corrected chi connectivity index (χ0v) is 16.3. The third-order valence-electron chi connectivity index (χ3n) is 3.50. The summed E-state index contributed by atoms with van der Waals surface area (Å²) in [4.78, 5) is 36.8. The van der Waals surface area contributed by atoms with E-state index in [-0.39, 0.29) is 25.4 Å². The average molecular weight is 400 g/mol. The van der Waals surface area contributed by atoms with Crippen LogP contribution in [-0.2, 0) is 46.1 Å². The lowest BCUT2D eigenvalue weighted by Gasteiger charge is -2.29. The van der Waals surface area contributed by atoms with Gasteiger partial charge in [0, 0.05) is 13.3 Å². The van der Waals surface area contributed by atoms with Crippen LogP contribution in [-0.4, -0.2) is 45.0 Å². The first kappa shape index (κ1) is 22.6. The van der Waals surface area contributed by atoms with Crippen LogP contribution in [0.15, 0.2) is 24.3 Å². The summed E-state index contributed by atoms with van der Waals surface area (Å²) in [6.07, 6.45) is -0.222. The molecule has 0 heterocycles. The summed E-state index contributed by atoms with van der Waals surface area (Å²) in [7, 11) is -3.69. The molecule has 1 aromatic carbocycles. The largest absolute Gasteiger partial charge is 0.464 e. The van der Waals surface area contributed by atoms with E-state index >= 15 is 0 Å². The first-order valence-corrected chi connectivity index (χ1v) is 9.97. The number of nitrogens with one attached hydrogen (secondary N) is 1. The molecule has 0 spiro atoms. The SMILES string of the molecule is CCOC(=O)C(Cc1ccc(CS(N)(=O)=O)cc1)(NC(C)=O)C(=O)OCC. The zero-order valence-electron chi connectivity index (χ0n) is 15.5. The molecule has 1 aromatic rings. The molecular weight excluding hydrogens is 376 g/mol. The van der Waals surface area contributed by atoms with Crippen molar-refractivity contribution in [2.24, 2.45) is 5.14 Å². The van der Waals surface area contributed by atoms with Gasteiger partial charge in [-0.3, -0.25) is 4.79 Å². The number of carbonyl (C=O) groups is 3. The molecule has 0 radical (unpaired) electrons. The summed E-state index contributed by atoms with van der Waals surface area (Å²) in [6, 6.07) is 6.09. The molecule has 0 aliphatic carbocycles. The van der Waals surface area contributed by atoms with Gasteiger partial charge in [-0.1, -0.05) is 24.3 Å². The molecule has 27 heavy (non-hydrogen) atoms. The van der Waals surface area contributed by atoms with Gasteiger partial charge in [-0.15, -0.1) is 0 Å². The molecule has 1 rings (SSSR count). The Bertz CT molecular complexity index is 770. The van der Waals surface area contributed by atoms with E-state index in [0.717, 1.165) is 0 Å². The van der Waals surface area contributed by atoms with E-state index in [2.05, 4.69) is 5.32 Å². The van der Waals surface area contributed by atoms with E-state index in [1.165, 1.54) is 31.2 Å². The van der Waals surface area contributed by atoms with Crippen molar-refractivity contribution in [3.63, 3.8) is 0 Å². The van der Waals surface area contributed by atoms with Gasteiger partial charge in [0.05, 0.1) is 19.0 Å². The first-order valence-electron chi connectivity index (χ1n) is 8.25. The number of nitrogens with two attached hydrogens (primary N) is 1. The minimum absolute atomic E-state index is 0.00682. The summed E-state index contributed by atoms with van der Waals surface area (Å²) < 4.78 is 32.3. The molecule has 3 N–H and O–H groups in total. The van der Waals surface area contributed by atoms with E-state index in [4.69, 9.17) is 14.6 Å². The maximum atomic E-state index is 12.5. The highest BCUT2D eigenvalue weighted by Crippen LogP contribution is 2.20. The standard InChI is InChI=1S/C17H24N2O7S/c1-4-25-15(21)17(19-12(3)20,16(22)26-5-2)10-13-6-8-14(9-7-13)11-27(18,23)24/h6-9H,4-5,10-11H2,1-3H3,(H,19,20)(H2,18,23,24). The van der Waals surface area contributed by atoms with Crippen molar-refractivity contribution in [3.05, 3.63) is 35.4 Å². The molecule has 0 saturated carbocycles. The van der Waals surface area contributed by atoms with Crippen LogP contribution < -0.4 is 10.5 Å². The Kier molecular flexibility index (Phi) is 7.92. The highest BCUT2D eigenvalue weighted by Gasteiger charge is 2.50. The molecule has 0 fully saturated rings. The van der Waals surface area contributed by atoms with Gasteiger partial charge in [0.2, 0.25) is 21.5 Å². The molecule has 10 heteroatoms. The van der Waals surface area contributed by atoms with Gasteiger partial charge in [-0.05, 0) is 25.0 Å². The minimum atomic E-state index is -3.69. The number of hydrogen-bond donors (Lipinski definition) is 2. The Labute approximate surface area is 158 Å². The number of rotatable bonds is 9. The van der Waals surface area contributed by atoms with Crippen LogP contribution in [0.25, 0.3) is 0 Å². The quantitative estimate of drug-likeness (QED) is 0.439. The fraction of sp³-hybridized carbons (Fsp3) is 0.471. The van der Waals surface area contributed by atoms with Crippen molar-refractivity contribution in [1.82, 2.24) is 5.32 Å². The average Bonchev–Trinajstić information content (AvgIpc) is 2.54. The number of benzene rings is 1. The Balaban J connectivity index is 3.27. The second-order valence-corrected chi connectivity index (χ2v) is 7.44. The van der Waals surface area contributed by atoms with Crippen molar-refractivity contribution in [2.75, 3.05) is 13.2 Å². The predicted molar refractivity (Wildman–Crippen MR) is 96.8 cm³/mol. The lowest BCUT2D eigenvalue weighted by molar-refractivity contribution is -0.168. The Morgan fingerprint density at radius 2 is 1.44 bits per heavy atom. The van der Waals surface area contributed by atoms with Crippen LogP contribution in [0.3, 0.4) is 0 Å². The highest BCUT2D eigenvalue weighted by molar-refractivity contribution is 7.88. The first-order chi connectivity index (χ1) is 12.5. The molecule has 0 aliphatic heterocycles. The predicted octanol–water partition coefficient (Wildman–Crippen LogP) is 0.0187. The molecule has 0 atom stereocenters. The topological polar surface area (TPSA) is 142 Å². The molecule has 0 saturated heterocycles. The van der Waals surface area contributed by atoms with E-state index in [1.807, 2.05) is 0 Å². The van der Waals surface area contributed by atoms with Crippen molar-refractivity contribution in [2.45, 2.75) is 38.5 Å². The van der Waals surface area contributed by atoms with Crippen LogP contribution in [0.1, 0.15) is 31.9 Å². The van der Waals surface area contributed by atoms with Crippen LogP contribution in [0.4, 0.5) is 0 Å². The van der Waals surface area contributed by atoms with Gasteiger partial charge < -0.3 is 14.8 Å². The van der Waals surface area contributed by atoms with Gasteiger partial charge in [0.25, 0.3) is 0 Å². The van der Waals surface area contributed by atoms with Gasteiger partial charge in [0.1, 0.15) is 0 Å². The fourth-order valence-electron chi connectivity index (χ4n) is 2.47. The van der Waals surface area contributed by atoms with Crippen LogP contribution in [0, 0.1) is 0 Å². The van der Waals surface area contributed by atoms with E-state index in [0.29, 0.717) is 11.1 Å². The van der Waals surface area contributed by atoms with Gasteiger partial charge in [-0.25, -0.2) is 23.1 Å². The monoisotopic (exact) mass is 400 g/mol. The van der Waals surface area contributed by atoms with Crippen molar-refractivity contribution in [1.29, 1.82) is 0 Å². The lowest BCUT2D eigenvalue weighted by Crippen LogP contribution is -2.62. The summed E-state index contributed by atoms with van der Waals surface area (Å²) >= 11 is 0. The Morgan fingerprint density at radius 3 is 1.81 bits per heavy atom. The summed E-state index contributed by atoms with van der Waals surface area (Å²) in [5.74, 6) is -2.83. The Hall–Kier alpha value is -2.46. The van der Waals surface area contributed by atoms with Crippen molar-refractivity contribution < 1.29 is 32.3 Å². The van der Waals surface area contributed by atoms with Gasteiger partial charge in [0.15, 0.2) is 0 Å². The van der Waals surface area contributed by atoms with E-state index in [9.17, 15) is 22.8 Å². The zero-order chi connectivity index (χ0) is 20.7. The van der Waals surface area contributed by atoms with E-state index < -0.39 is 33.4 Å². The molecule has 0 unspecified atom stereocenters. The molecule has 0 aromatic heterocycles. The normalized spacial score (nSPS) is 11.6. The number of esters is 2. The fourth-order valence-corrected chi connectivity index (χ4v) is 3.13. The maximum Gasteiger partial charge on any atom is 0.344 e. The molecule has 1 amide bonds. The number of carbonyl (C=O) groups excluding carboxylic acids is 3. The second kappa shape index (κ2) is 9.47. The maximum absolute atomic E-state index is 12.5. The van der Waals surface area contributed by atoms with Gasteiger partial charge in [-0.2, -0.15) is 0 Å². The number of ether oxygens (including phenoxy) is 2. The number of sulfonamides is 1. The highest BCUT2D eigenvalue weighted by atomic mass is 32.2. The van der Waals surface area contributed by atoms with Gasteiger partial charge >= 0.3 is 11.9 Å². The summed E-state index contributed by atoms with van der Waals surface area (Å²) in [5, 5.41) is 7.37. The molecule has 0 aliphatic rings. The van der Waals surface area contributed by atoms with Crippen LogP contribution in [0.2, 0.25) is 0 Å². The number of amides is 1. The number of primary sulfonamides is 1. The summed E-state index contributed by atoms with van der Waals surface area (Å²) in [5.41, 5.74) is -1.11. The smallest absolute Gasteiger partial charge is 0.344 e. The molecule has 0 bridgehead atoms. The third kappa shape index (κ3) is 6.65. The third-order valence-corrected chi connectivity index (χ3v) is 4.23. The minimum Gasteiger partial charge on any atom is -0.464 e.